The summed E-state index contributed by atoms with van der Waals surface area (Å²) in [6.45, 7) is 11.9. The van der Waals surface area contributed by atoms with Gasteiger partial charge in [-0.3, -0.25) is 4.90 Å². The Bertz CT molecular complexity index is 147. The molecule has 3 heteroatoms. The topological polar surface area (TPSA) is 18.5 Å². The molecule has 1 rings (SSSR count). The van der Waals surface area contributed by atoms with Crippen molar-refractivity contribution in [1.29, 1.82) is 0 Å². The lowest BCUT2D eigenvalue weighted by atomic mass is 10.2. The molecule has 0 aromatic carbocycles. The van der Waals surface area contributed by atoms with Gasteiger partial charge in [-0.25, -0.2) is 0 Å². The molecule has 1 atom stereocenters. The zero-order valence-corrected chi connectivity index (χ0v) is 9.92. The van der Waals surface area contributed by atoms with Gasteiger partial charge in [0.15, 0.2) is 0 Å². The number of nitrogens with one attached hydrogen (secondary N) is 1. The Morgan fingerprint density at radius 2 is 2.14 bits per heavy atom. The fraction of sp³-hybridized carbons (Fsp3) is 1.00. The van der Waals surface area contributed by atoms with Gasteiger partial charge in [0, 0.05) is 25.7 Å². The van der Waals surface area contributed by atoms with E-state index in [-0.39, 0.29) is 0 Å². The van der Waals surface area contributed by atoms with E-state index in [1.807, 2.05) is 7.05 Å². The van der Waals surface area contributed by atoms with Gasteiger partial charge in [-0.1, -0.05) is 6.92 Å². The summed E-state index contributed by atoms with van der Waals surface area (Å²) in [6, 6.07) is 0.739. The number of nitrogens with zero attached hydrogens (tertiary/aromatic N) is 2. The number of likely N-dealkylation sites (N-methyl/N-ethyl adjacent to an activating group) is 1. The van der Waals surface area contributed by atoms with Crippen LogP contribution < -0.4 is 5.32 Å². The molecule has 1 aliphatic heterocycles. The molecule has 1 heterocycles. The van der Waals surface area contributed by atoms with Crippen LogP contribution in [0.3, 0.4) is 0 Å². The average Bonchev–Trinajstić information content (AvgIpc) is 2.18. The number of piperazine rings is 1. The second-order valence-corrected chi connectivity index (χ2v) is 4.24. The van der Waals surface area contributed by atoms with Crippen molar-refractivity contribution in [1.82, 2.24) is 15.1 Å². The molecule has 1 aliphatic rings. The van der Waals surface area contributed by atoms with Crippen LogP contribution in [0.2, 0.25) is 0 Å². The van der Waals surface area contributed by atoms with Gasteiger partial charge in [-0.15, -0.1) is 0 Å². The second-order valence-electron chi connectivity index (χ2n) is 4.24. The van der Waals surface area contributed by atoms with E-state index in [9.17, 15) is 0 Å². The van der Waals surface area contributed by atoms with Crippen molar-refractivity contribution in [2.45, 2.75) is 26.3 Å². The Hall–Kier alpha value is -0.120. The van der Waals surface area contributed by atoms with Gasteiger partial charge >= 0.3 is 0 Å². The molecule has 0 aromatic heterocycles. The third-order valence-electron chi connectivity index (χ3n) is 3.16. The minimum atomic E-state index is 0.739. The first-order valence-corrected chi connectivity index (χ1v) is 5.89. The summed E-state index contributed by atoms with van der Waals surface area (Å²) in [5.74, 6) is 0. The molecular formula is C11H25N3. The summed E-state index contributed by atoms with van der Waals surface area (Å²) in [4.78, 5) is 5.16. The predicted octanol–water partition coefficient (Wildman–Crippen LogP) is 0.622. The average molecular weight is 199 g/mol. The third kappa shape index (κ3) is 3.56. The van der Waals surface area contributed by atoms with Crippen LogP contribution in [0.1, 0.15) is 20.3 Å². The first kappa shape index (κ1) is 12.0. The smallest absolute Gasteiger partial charge is 0.0195 e. The van der Waals surface area contributed by atoms with Crippen LogP contribution in [0.15, 0.2) is 0 Å². The maximum atomic E-state index is 3.20. The molecule has 14 heavy (non-hydrogen) atoms. The van der Waals surface area contributed by atoms with Gasteiger partial charge in [-0.2, -0.15) is 0 Å². The van der Waals surface area contributed by atoms with Crippen LogP contribution in [0, 0.1) is 0 Å². The largest absolute Gasteiger partial charge is 0.320 e. The summed E-state index contributed by atoms with van der Waals surface area (Å²) in [5.41, 5.74) is 0. The van der Waals surface area contributed by atoms with Crippen molar-refractivity contribution in [3.05, 3.63) is 0 Å². The van der Waals surface area contributed by atoms with Gasteiger partial charge in [0.25, 0.3) is 0 Å². The molecule has 1 N–H and O–H groups in total. The summed E-state index contributed by atoms with van der Waals surface area (Å²) < 4.78 is 0. The first-order valence-electron chi connectivity index (χ1n) is 5.89. The van der Waals surface area contributed by atoms with Crippen molar-refractivity contribution in [2.24, 2.45) is 0 Å². The number of rotatable bonds is 5. The lowest BCUT2D eigenvalue weighted by Crippen LogP contribution is -2.51. The zero-order chi connectivity index (χ0) is 10.4. The standard InChI is InChI=1S/C11H25N3/c1-4-14-9-8-13(10-11(14)2)7-5-6-12-3/h11-12H,4-10H2,1-3H3. The molecule has 1 fully saturated rings. The monoisotopic (exact) mass is 199 g/mol. The third-order valence-corrected chi connectivity index (χ3v) is 3.16. The van der Waals surface area contributed by atoms with Crippen LogP contribution in [0.5, 0.6) is 0 Å². The van der Waals surface area contributed by atoms with Crippen LogP contribution >= 0.6 is 0 Å². The van der Waals surface area contributed by atoms with Gasteiger partial charge in [0.05, 0.1) is 0 Å². The molecule has 84 valence electrons. The van der Waals surface area contributed by atoms with Crippen molar-refractivity contribution in [2.75, 3.05) is 46.3 Å². The van der Waals surface area contributed by atoms with Crippen LogP contribution in [0.4, 0.5) is 0 Å². The Labute approximate surface area is 88.5 Å². The predicted molar refractivity (Wildman–Crippen MR) is 61.7 cm³/mol. The molecule has 0 radical (unpaired) electrons. The van der Waals surface area contributed by atoms with Crippen molar-refractivity contribution < 1.29 is 0 Å². The summed E-state index contributed by atoms with van der Waals surface area (Å²) in [5, 5.41) is 3.20. The minimum Gasteiger partial charge on any atom is -0.320 e. The van der Waals surface area contributed by atoms with Crippen LogP contribution in [-0.4, -0.2) is 62.2 Å². The SMILES string of the molecule is CCN1CCN(CCCNC)CC1C. The van der Waals surface area contributed by atoms with E-state index >= 15 is 0 Å². The molecule has 0 spiro atoms. The van der Waals surface area contributed by atoms with Crippen LogP contribution in [0.25, 0.3) is 0 Å². The highest BCUT2D eigenvalue weighted by Gasteiger charge is 2.21. The molecule has 0 saturated carbocycles. The fourth-order valence-electron chi connectivity index (χ4n) is 2.22. The molecule has 3 nitrogen and oxygen atoms in total. The van der Waals surface area contributed by atoms with Crippen molar-refractivity contribution in [3.8, 4) is 0 Å². The van der Waals surface area contributed by atoms with E-state index in [1.54, 1.807) is 0 Å². The molecule has 1 saturated heterocycles. The van der Waals surface area contributed by atoms with E-state index in [4.69, 9.17) is 0 Å². The van der Waals surface area contributed by atoms with Gasteiger partial charge in [-0.05, 0) is 40.0 Å². The Balaban J connectivity index is 2.18. The molecule has 0 aromatic rings. The molecular weight excluding hydrogens is 174 g/mol. The quantitative estimate of drug-likeness (QED) is 0.655. The fourth-order valence-corrected chi connectivity index (χ4v) is 2.22. The first-order chi connectivity index (χ1) is 6.77. The molecule has 0 amide bonds. The van der Waals surface area contributed by atoms with Gasteiger partial charge in [0.2, 0.25) is 0 Å². The summed E-state index contributed by atoms with van der Waals surface area (Å²) in [7, 11) is 2.03. The zero-order valence-electron chi connectivity index (χ0n) is 9.92. The minimum absolute atomic E-state index is 0.739. The van der Waals surface area contributed by atoms with Crippen LogP contribution in [-0.2, 0) is 0 Å². The summed E-state index contributed by atoms with van der Waals surface area (Å²) in [6.07, 6.45) is 1.27. The normalized spacial score (nSPS) is 25.5. The van der Waals surface area contributed by atoms with E-state index < -0.39 is 0 Å². The molecule has 0 aliphatic carbocycles. The Morgan fingerprint density at radius 1 is 1.36 bits per heavy atom. The van der Waals surface area contributed by atoms with E-state index in [1.165, 1.54) is 39.1 Å². The Morgan fingerprint density at radius 3 is 2.71 bits per heavy atom. The van der Waals surface area contributed by atoms with E-state index in [2.05, 4.69) is 29.0 Å². The second kappa shape index (κ2) is 6.38. The van der Waals surface area contributed by atoms with Gasteiger partial charge in [0.1, 0.15) is 0 Å². The number of hydrogen-bond acceptors (Lipinski definition) is 3. The number of hydrogen-bond donors (Lipinski definition) is 1. The molecule has 1 unspecified atom stereocenters. The highest BCUT2D eigenvalue weighted by molar-refractivity contribution is 4.78. The highest BCUT2D eigenvalue weighted by atomic mass is 15.3. The molecule has 0 bridgehead atoms. The van der Waals surface area contributed by atoms with E-state index in [0.717, 1.165) is 12.6 Å². The maximum Gasteiger partial charge on any atom is 0.0195 e. The lowest BCUT2D eigenvalue weighted by Gasteiger charge is -2.39. The van der Waals surface area contributed by atoms with E-state index in [0.29, 0.717) is 0 Å². The Kier molecular flexibility index (Phi) is 5.45. The van der Waals surface area contributed by atoms with Gasteiger partial charge < -0.3 is 10.2 Å². The lowest BCUT2D eigenvalue weighted by molar-refractivity contribution is 0.0875. The van der Waals surface area contributed by atoms with Crippen molar-refractivity contribution in [3.63, 3.8) is 0 Å². The van der Waals surface area contributed by atoms with Crippen molar-refractivity contribution >= 4 is 0 Å². The summed E-state index contributed by atoms with van der Waals surface area (Å²) >= 11 is 0. The maximum absolute atomic E-state index is 3.20. The highest BCUT2D eigenvalue weighted by Crippen LogP contribution is 2.08.